The van der Waals surface area contributed by atoms with E-state index in [0.717, 1.165) is 23.6 Å². The van der Waals surface area contributed by atoms with Crippen molar-refractivity contribution < 1.29 is 4.79 Å². The lowest BCUT2D eigenvalue weighted by atomic mass is 10.3. The lowest BCUT2D eigenvalue weighted by molar-refractivity contribution is 0.0950. The van der Waals surface area contributed by atoms with E-state index in [-0.39, 0.29) is 26.6 Å². The van der Waals surface area contributed by atoms with Crippen LogP contribution in [-0.4, -0.2) is 28.1 Å². The molecule has 0 aromatic carbocycles. The Kier molecular flexibility index (Phi) is 4.78. The van der Waals surface area contributed by atoms with Crippen molar-refractivity contribution in [3.05, 3.63) is 20.9 Å². The fourth-order valence-corrected chi connectivity index (χ4v) is 2.97. The molecule has 0 unspecified atom stereocenters. The molecule has 1 aromatic heterocycles. The van der Waals surface area contributed by atoms with Crippen LogP contribution in [0.5, 0.6) is 0 Å². The Labute approximate surface area is 128 Å². The standard InChI is InChI=1S/C10H9Cl3N4OS/c11-5-7(14)6(12)9(13)15-8(5)10(18)17-16-4-1-2-19-3-4/h1-3H2,(H2,14,15)(H,17,18)/b16-4+. The molecule has 1 fully saturated rings. The molecule has 0 spiro atoms. The lowest BCUT2D eigenvalue weighted by Crippen LogP contribution is -2.22. The molecule has 19 heavy (non-hydrogen) atoms. The number of nitrogens with one attached hydrogen (secondary N) is 1. The van der Waals surface area contributed by atoms with Crippen LogP contribution < -0.4 is 11.2 Å². The Balaban J connectivity index is 2.22. The van der Waals surface area contributed by atoms with Crippen molar-refractivity contribution in [1.82, 2.24) is 10.4 Å². The summed E-state index contributed by atoms with van der Waals surface area (Å²) in [5.41, 5.74) is 8.87. The number of carbonyl (C=O) groups excluding carboxylic acids is 1. The summed E-state index contributed by atoms with van der Waals surface area (Å²) in [5, 5.41) is 3.93. The third-order valence-electron chi connectivity index (χ3n) is 2.41. The van der Waals surface area contributed by atoms with E-state index >= 15 is 0 Å². The number of pyridine rings is 1. The number of hydrogen-bond donors (Lipinski definition) is 2. The van der Waals surface area contributed by atoms with Crippen molar-refractivity contribution in [2.45, 2.75) is 6.42 Å². The van der Waals surface area contributed by atoms with Crippen LogP contribution in [0.15, 0.2) is 5.10 Å². The quantitative estimate of drug-likeness (QED) is 0.641. The molecular weight excluding hydrogens is 331 g/mol. The predicted molar refractivity (Wildman–Crippen MR) is 80.5 cm³/mol. The first-order valence-electron chi connectivity index (χ1n) is 5.24. The van der Waals surface area contributed by atoms with E-state index in [1.165, 1.54) is 0 Å². The molecular formula is C10H9Cl3N4OS. The molecule has 1 saturated heterocycles. The molecule has 0 aliphatic carbocycles. The van der Waals surface area contributed by atoms with Gasteiger partial charge < -0.3 is 5.73 Å². The Morgan fingerprint density at radius 3 is 2.74 bits per heavy atom. The first kappa shape index (κ1) is 14.7. The number of hydrazone groups is 1. The summed E-state index contributed by atoms with van der Waals surface area (Å²) < 4.78 is 0. The molecule has 1 aromatic rings. The van der Waals surface area contributed by atoms with Crippen LogP contribution in [0.2, 0.25) is 15.2 Å². The van der Waals surface area contributed by atoms with Crippen LogP contribution in [0.1, 0.15) is 16.9 Å². The second-order valence-electron chi connectivity index (χ2n) is 3.71. The highest BCUT2D eigenvalue weighted by Gasteiger charge is 2.20. The molecule has 0 bridgehead atoms. The number of halogens is 3. The minimum Gasteiger partial charge on any atom is -0.396 e. The van der Waals surface area contributed by atoms with Gasteiger partial charge in [-0.3, -0.25) is 4.79 Å². The van der Waals surface area contributed by atoms with Crippen molar-refractivity contribution in [2.24, 2.45) is 5.10 Å². The van der Waals surface area contributed by atoms with Gasteiger partial charge in [0.2, 0.25) is 0 Å². The Bertz CT molecular complexity index is 556. The molecule has 0 radical (unpaired) electrons. The van der Waals surface area contributed by atoms with Crippen LogP contribution in [0.25, 0.3) is 0 Å². The number of nitrogens with two attached hydrogens (primary N) is 1. The monoisotopic (exact) mass is 338 g/mol. The number of rotatable bonds is 2. The van der Waals surface area contributed by atoms with Crippen molar-refractivity contribution in [1.29, 1.82) is 0 Å². The number of nitrogen functional groups attached to an aromatic ring is 1. The van der Waals surface area contributed by atoms with Gasteiger partial charge in [-0.2, -0.15) is 16.9 Å². The number of aromatic nitrogens is 1. The van der Waals surface area contributed by atoms with Gasteiger partial charge in [0.1, 0.15) is 5.02 Å². The molecule has 102 valence electrons. The van der Waals surface area contributed by atoms with Gasteiger partial charge in [-0.1, -0.05) is 34.8 Å². The van der Waals surface area contributed by atoms with Crippen molar-refractivity contribution >= 4 is 63.9 Å². The minimum atomic E-state index is -0.570. The molecule has 3 N–H and O–H groups in total. The molecule has 0 atom stereocenters. The van der Waals surface area contributed by atoms with Gasteiger partial charge in [0.25, 0.3) is 5.91 Å². The molecule has 1 amide bonds. The first-order valence-corrected chi connectivity index (χ1v) is 7.53. The fourth-order valence-electron chi connectivity index (χ4n) is 1.40. The second kappa shape index (κ2) is 6.17. The molecule has 2 heterocycles. The Morgan fingerprint density at radius 1 is 1.37 bits per heavy atom. The van der Waals surface area contributed by atoms with Gasteiger partial charge in [-0.05, 0) is 12.2 Å². The van der Waals surface area contributed by atoms with Crippen LogP contribution in [0.4, 0.5) is 5.69 Å². The molecule has 5 nitrogen and oxygen atoms in total. The Morgan fingerprint density at radius 2 is 2.11 bits per heavy atom. The summed E-state index contributed by atoms with van der Waals surface area (Å²) in [6, 6.07) is 0. The zero-order valence-corrected chi connectivity index (χ0v) is 12.6. The van der Waals surface area contributed by atoms with Crippen molar-refractivity contribution in [3.63, 3.8) is 0 Å². The Hall–Kier alpha value is -0.690. The topological polar surface area (TPSA) is 80.4 Å². The van der Waals surface area contributed by atoms with Crippen molar-refractivity contribution in [2.75, 3.05) is 17.2 Å². The number of nitrogens with zero attached hydrogens (tertiary/aromatic N) is 2. The van der Waals surface area contributed by atoms with E-state index < -0.39 is 5.91 Å². The highest BCUT2D eigenvalue weighted by molar-refractivity contribution is 8.00. The summed E-state index contributed by atoms with van der Waals surface area (Å²) in [7, 11) is 0. The molecule has 9 heteroatoms. The van der Waals surface area contributed by atoms with Gasteiger partial charge in [0, 0.05) is 11.5 Å². The number of anilines is 1. The highest BCUT2D eigenvalue weighted by atomic mass is 35.5. The van der Waals surface area contributed by atoms with Crippen molar-refractivity contribution in [3.8, 4) is 0 Å². The van der Waals surface area contributed by atoms with E-state index in [1.807, 2.05) is 0 Å². The normalized spacial score (nSPS) is 16.9. The number of thioether (sulfide) groups is 1. The lowest BCUT2D eigenvalue weighted by Gasteiger charge is -2.08. The van der Waals surface area contributed by atoms with Gasteiger partial charge in [0.15, 0.2) is 10.8 Å². The predicted octanol–water partition coefficient (Wildman–Crippen LogP) is 2.85. The summed E-state index contributed by atoms with van der Waals surface area (Å²) in [4.78, 5) is 15.7. The average molecular weight is 340 g/mol. The van der Waals surface area contributed by atoms with Crippen LogP contribution in [-0.2, 0) is 0 Å². The van der Waals surface area contributed by atoms with E-state index in [9.17, 15) is 4.79 Å². The maximum atomic E-state index is 11.9. The molecule has 2 rings (SSSR count). The van der Waals surface area contributed by atoms with E-state index in [1.54, 1.807) is 11.8 Å². The first-order chi connectivity index (χ1) is 9.00. The summed E-state index contributed by atoms with van der Waals surface area (Å²) in [6.45, 7) is 0. The largest absolute Gasteiger partial charge is 0.396 e. The number of carbonyl (C=O) groups is 1. The zero-order valence-electron chi connectivity index (χ0n) is 9.54. The number of amides is 1. The summed E-state index contributed by atoms with van der Waals surface area (Å²) in [5.74, 6) is 1.25. The van der Waals surface area contributed by atoms with E-state index in [2.05, 4.69) is 15.5 Å². The van der Waals surface area contributed by atoms with E-state index in [0.29, 0.717) is 0 Å². The van der Waals surface area contributed by atoms with Gasteiger partial charge in [-0.15, -0.1) is 0 Å². The molecule has 0 saturated carbocycles. The number of hydrogen-bond acceptors (Lipinski definition) is 5. The smallest absolute Gasteiger partial charge is 0.291 e. The van der Waals surface area contributed by atoms with Crippen LogP contribution >= 0.6 is 46.6 Å². The third kappa shape index (κ3) is 3.25. The van der Waals surface area contributed by atoms with Gasteiger partial charge in [-0.25, -0.2) is 10.4 Å². The highest BCUT2D eigenvalue weighted by Crippen LogP contribution is 2.34. The average Bonchev–Trinajstić information content (AvgIpc) is 2.91. The molecule has 1 aliphatic heterocycles. The van der Waals surface area contributed by atoms with E-state index in [4.69, 9.17) is 40.5 Å². The molecule has 1 aliphatic rings. The maximum absolute atomic E-state index is 11.9. The minimum absolute atomic E-state index is 0.0255. The van der Waals surface area contributed by atoms with Crippen LogP contribution in [0.3, 0.4) is 0 Å². The SMILES string of the molecule is Nc1c(Cl)c(Cl)nc(C(=O)N/N=C2\CCSC2)c1Cl. The fraction of sp³-hybridized carbons (Fsp3) is 0.300. The summed E-state index contributed by atoms with van der Waals surface area (Å²) in [6.07, 6.45) is 0.857. The van der Waals surface area contributed by atoms with Gasteiger partial charge in [0.05, 0.1) is 10.7 Å². The second-order valence-corrected chi connectivity index (χ2v) is 5.93. The maximum Gasteiger partial charge on any atom is 0.291 e. The zero-order chi connectivity index (χ0) is 14.0. The third-order valence-corrected chi connectivity index (χ3v) is 4.57. The summed E-state index contributed by atoms with van der Waals surface area (Å²) >= 11 is 19.2. The van der Waals surface area contributed by atoms with Crippen LogP contribution in [0, 0.1) is 0 Å². The van der Waals surface area contributed by atoms with Gasteiger partial charge >= 0.3 is 0 Å².